The third kappa shape index (κ3) is 4.15. The summed E-state index contributed by atoms with van der Waals surface area (Å²) in [6.45, 7) is -0.162. The lowest BCUT2D eigenvalue weighted by Gasteiger charge is -2.11. The highest BCUT2D eigenvalue weighted by Crippen LogP contribution is 2.33. The number of hydrogen-bond donors (Lipinski definition) is 5. The largest absolute Gasteiger partial charge is 0.394 e. The van der Waals surface area contributed by atoms with Crippen molar-refractivity contribution in [3.63, 3.8) is 0 Å². The lowest BCUT2D eigenvalue weighted by atomic mass is 10.1. The number of carbonyl (C=O) groups is 1. The van der Waals surface area contributed by atoms with Gasteiger partial charge in [0.2, 0.25) is 0 Å². The predicted molar refractivity (Wildman–Crippen MR) is 110 cm³/mol. The molecule has 0 aliphatic carbocycles. The lowest BCUT2D eigenvalue weighted by Crippen LogP contribution is -2.32. The van der Waals surface area contributed by atoms with Crippen LogP contribution in [0.5, 0.6) is 0 Å². The van der Waals surface area contributed by atoms with Crippen LogP contribution in [0.3, 0.4) is 0 Å². The van der Waals surface area contributed by atoms with Gasteiger partial charge in [-0.3, -0.25) is 4.79 Å². The van der Waals surface area contributed by atoms with Gasteiger partial charge in [-0.2, -0.15) is 0 Å². The topological polar surface area (TPSA) is 128 Å². The van der Waals surface area contributed by atoms with Crippen molar-refractivity contribution >= 4 is 40.1 Å². The Balaban J connectivity index is 1.50. The van der Waals surface area contributed by atoms with Gasteiger partial charge in [-0.15, -0.1) is 0 Å². The molecule has 1 aromatic heterocycles. The minimum atomic E-state index is -1.23. The molecule has 0 spiro atoms. The van der Waals surface area contributed by atoms with Crippen molar-refractivity contribution in [1.82, 2.24) is 15.3 Å². The third-order valence-electron chi connectivity index (χ3n) is 4.95. The third-order valence-corrected chi connectivity index (χ3v) is 5.39. The Morgan fingerprint density at radius 2 is 1.87 bits per heavy atom. The normalized spacial score (nSPS) is 23.8. The molecule has 2 heterocycles. The van der Waals surface area contributed by atoms with Gasteiger partial charge in [0.15, 0.2) is 0 Å². The summed E-state index contributed by atoms with van der Waals surface area (Å²) in [4.78, 5) is 19.9. The van der Waals surface area contributed by atoms with Gasteiger partial charge < -0.3 is 30.4 Å². The fraction of sp³-hybridized carbons (Fsp3) is 0.300. The molecule has 0 unspecified atom stereocenters. The van der Waals surface area contributed by atoms with Crippen molar-refractivity contribution in [3.8, 4) is 0 Å². The molecule has 5 N–H and O–H groups in total. The van der Waals surface area contributed by atoms with Crippen LogP contribution in [-0.2, 0) is 11.3 Å². The number of rotatable bonds is 5. The molecule has 0 radical (unpaired) electrons. The number of nitrogens with one attached hydrogen (secondary N) is 2. The molecule has 158 valence electrons. The Hall–Kier alpha value is -2.20. The Labute approximate surface area is 181 Å². The number of hydrogen-bond acceptors (Lipinski definition) is 6. The van der Waals surface area contributed by atoms with Gasteiger partial charge in [0.05, 0.1) is 17.6 Å². The van der Waals surface area contributed by atoms with E-state index in [9.17, 15) is 20.1 Å². The number of carbonyl (C=O) groups excluding carboxylic acids is 1. The van der Waals surface area contributed by atoms with Gasteiger partial charge in [-0.05, 0) is 42.0 Å². The number of aliphatic hydroxyl groups excluding tert-OH is 3. The van der Waals surface area contributed by atoms with Crippen molar-refractivity contribution < 1.29 is 24.9 Å². The van der Waals surface area contributed by atoms with Crippen molar-refractivity contribution in [2.45, 2.75) is 31.0 Å². The summed E-state index contributed by atoms with van der Waals surface area (Å²) in [5.41, 5.74) is 2.32. The molecule has 2 aromatic carbocycles. The maximum Gasteiger partial charge on any atom is 0.251 e. The van der Waals surface area contributed by atoms with Gasteiger partial charge >= 0.3 is 0 Å². The first-order valence-corrected chi connectivity index (χ1v) is 9.96. The van der Waals surface area contributed by atoms with Crippen LogP contribution < -0.4 is 5.32 Å². The highest BCUT2D eigenvalue weighted by molar-refractivity contribution is 6.34. The van der Waals surface area contributed by atoms with Crippen LogP contribution >= 0.6 is 23.2 Å². The van der Waals surface area contributed by atoms with E-state index in [1.165, 1.54) is 0 Å². The second-order valence-corrected chi connectivity index (χ2v) is 7.95. The number of H-pyrrole nitrogens is 1. The summed E-state index contributed by atoms with van der Waals surface area (Å²) in [5.74, 6) is 0.00990. The molecule has 1 amide bonds. The van der Waals surface area contributed by atoms with Gasteiger partial charge in [0, 0.05) is 22.2 Å². The number of aromatic nitrogens is 2. The molecule has 1 aliphatic rings. The first-order valence-electron chi connectivity index (χ1n) is 9.21. The number of fused-ring (bicyclic) bond motifs is 1. The standard InChI is InChI=1S/C20H19Cl2N3O5/c21-11-3-9(4-12(22)6-11)7-23-20(29)10-1-2-13-14(5-10)25-19(24-13)18-17(28)16(27)15(8-26)30-18/h1-6,15-18,26-28H,7-8H2,(H,23,29)(H,24,25)/t15-,16-,17-,18-/m1/s1. The van der Waals surface area contributed by atoms with Crippen LogP contribution in [0, 0.1) is 0 Å². The molecular formula is C20H19Cl2N3O5. The Bertz CT molecular complexity index is 1070. The summed E-state index contributed by atoms with van der Waals surface area (Å²) in [5, 5.41) is 33.1. The molecule has 30 heavy (non-hydrogen) atoms. The summed E-state index contributed by atoms with van der Waals surface area (Å²) in [7, 11) is 0. The highest BCUT2D eigenvalue weighted by atomic mass is 35.5. The van der Waals surface area contributed by atoms with E-state index in [1.54, 1.807) is 36.4 Å². The predicted octanol–water partition coefficient (Wildman–Crippen LogP) is 1.95. The summed E-state index contributed by atoms with van der Waals surface area (Å²) < 4.78 is 5.49. The van der Waals surface area contributed by atoms with E-state index in [2.05, 4.69) is 15.3 Å². The molecular weight excluding hydrogens is 433 g/mol. The van der Waals surface area contributed by atoms with E-state index in [0.717, 1.165) is 5.56 Å². The van der Waals surface area contributed by atoms with Crippen molar-refractivity contribution in [1.29, 1.82) is 0 Å². The highest BCUT2D eigenvalue weighted by Gasteiger charge is 2.44. The van der Waals surface area contributed by atoms with Crippen LogP contribution in [0.4, 0.5) is 0 Å². The molecule has 3 aromatic rings. The quantitative estimate of drug-likeness (QED) is 0.403. The minimum absolute atomic E-state index is 0.258. The number of ether oxygens (including phenoxy) is 1. The maximum absolute atomic E-state index is 12.5. The second kappa shape index (κ2) is 8.50. The molecule has 4 rings (SSSR count). The van der Waals surface area contributed by atoms with Gasteiger partial charge in [-0.25, -0.2) is 4.98 Å². The van der Waals surface area contributed by atoms with E-state index < -0.39 is 31.0 Å². The molecule has 1 aliphatic heterocycles. The first-order chi connectivity index (χ1) is 14.4. The van der Waals surface area contributed by atoms with E-state index in [-0.39, 0.29) is 12.5 Å². The number of aliphatic hydroxyl groups is 3. The number of aromatic amines is 1. The van der Waals surface area contributed by atoms with Gasteiger partial charge in [0.1, 0.15) is 30.2 Å². The Morgan fingerprint density at radius 3 is 2.53 bits per heavy atom. The first kappa shape index (κ1) is 21.0. The molecule has 0 bridgehead atoms. The number of amides is 1. The zero-order valence-electron chi connectivity index (χ0n) is 15.5. The summed E-state index contributed by atoms with van der Waals surface area (Å²) >= 11 is 12.0. The zero-order valence-corrected chi connectivity index (χ0v) is 17.1. The van der Waals surface area contributed by atoms with Crippen LogP contribution in [0.2, 0.25) is 10.0 Å². The lowest BCUT2D eigenvalue weighted by molar-refractivity contribution is -0.0249. The number of nitrogens with zero attached hydrogens (tertiary/aromatic N) is 1. The van der Waals surface area contributed by atoms with E-state index in [1.807, 2.05) is 0 Å². The van der Waals surface area contributed by atoms with Crippen LogP contribution in [-0.4, -0.2) is 56.1 Å². The number of benzene rings is 2. The Kier molecular flexibility index (Phi) is 5.97. The Morgan fingerprint density at radius 1 is 1.13 bits per heavy atom. The maximum atomic E-state index is 12.5. The number of imidazole rings is 1. The van der Waals surface area contributed by atoms with Crippen molar-refractivity contribution in [2.24, 2.45) is 0 Å². The average molecular weight is 452 g/mol. The molecule has 10 heteroatoms. The summed E-state index contributed by atoms with van der Waals surface area (Å²) in [6, 6.07) is 9.99. The average Bonchev–Trinajstić information content (AvgIpc) is 3.25. The molecule has 0 saturated carbocycles. The van der Waals surface area contributed by atoms with E-state index in [4.69, 9.17) is 27.9 Å². The van der Waals surface area contributed by atoms with E-state index >= 15 is 0 Å². The fourth-order valence-electron chi connectivity index (χ4n) is 3.43. The monoisotopic (exact) mass is 451 g/mol. The smallest absolute Gasteiger partial charge is 0.251 e. The van der Waals surface area contributed by atoms with Crippen LogP contribution in [0.25, 0.3) is 11.0 Å². The second-order valence-electron chi connectivity index (χ2n) is 7.07. The minimum Gasteiger partial charge on any atom is -0.394 e. The molecule has 1 saturated heterocycles. The van der Waals surface area contributed by atoms with Crippen molar-refractivity contribution in [2.75, 3.05) is 6.61 Å². The van der Waals surface area contributed by atoms with Crippen LogP contribution in [0.1, 0.15) is 27.8 Å². The summed E-state index contributed by atoms with van der Waals surface area (Å²) in [6.07, 6.45) is -4.24. The van der Waals surface area contributed by atoms with E-state index in [0.29, 0.717) is 32.5 Å². The number of halogens is 2. The van der Waals surface area contributed by atoms with Gasteiger partial charge in [0.25, 0.3) is 5.91 Å². The van der Waals surface area contributed by atoms with Gasteiger partial charge in [-0.1, -0.05) is 23.2 Å². The zero-order chi connectivity index (χ0) is 21.4. The SMILES string of the molecule is O=C(NCc1cc(Cl)cc(Cl)c1)c1ccc2nc([C@@H]3O[C@H](CO)[C@@H](O)[C@H]3O)[nH]c2c1. The molecule has 8 nitrogen and oxygen atoms in total. The molecule has 1 fully saturated rings. The fourth-order valence-corrected chi connectivity index (χ4v) is 4.00. The van der Waals surface area contributed by atoms with Crippen LogP contribution in [0.15, 0.2) is 36.4 Å². The van der Waals surface area contributed by atoms with Crippen molar-refractivity contribution in [3.05, 3.63) is 63.4 Å². The molecule has 4 atom stereocenters.